The molecular formula is C42H49O23+. The fourth-order valence-electron chi connectivity index (χ4n) is 7.36. The van der Waals surface area contributed by atoms with Crippen molar-refractivity contribution in [2.75, 3.05) is 13.2 Å². The highest BCUT2D eigenvalue weighted by Crippen LogP contribution is 2.48. The van der Waals surface area contributed by atoms with Crippen molar-refractivity contribution < 1.29 is 114 Å². The molecule has 0 radical (unpaired) electrons. The van der Waals surface area contributed by atoms with Gasteiger partial charge in [0.25, 0.3) is 11.9 Å². The Bertz CT molecular complexity index is 2190. The summed E-state index contributed by atoms with van der Waals surface area (Å²) in [5, 5.41) is 147. The largest absolute Gasteiger partial charge is 0.571 e. The quantitative estimate of drug-likeness (QED) is 0.0392. The average Bonchev–Trinajstić information content (AvgIpc) is 3.27. The SMILES string of the molecule is C[C@@H]1O[C@@H](OC[C@H]2O[C@@H](OC3=Cc4c(O[C@@H]5O[C@H](COC(=O)/C=C\c6ccc(O)cc6)[C@@H](O)[C@H](O)[C@@H]5O)cc(O)cc4[OH+]C3c3cc(O)c(O)c(O)c3)[C@H](O)[C@@H](O)[C@@H]2O)[C@@H](O)[C@H](O)[C@H]1O. The molecule has 4 heterocycles. The van der Waals surface area contributed by atoms with Gasteiger partial charge in [-0.25, -0.2) is 4.79 Å². The van der Waals surface area contributed by atoms with Gasteiger partial charge in [-0.05, 0) is 42.8 Å². The summed E-state index contributed by atoms with van der Waals surface area (Å²) in [5.74, 6) is -4.47. The summed E-state index contributed by atoms with van der Waals surface area (Å²) in [5.41, 5.74) is 0.460. The van der Waals surface area contributed by atoms with Gasteiger partial charge in [0.2, 0.25) is 12.6 Å². The molecule has 0 amide bonds. The number of carbonyl (C=O) groups excluding carboxylic acids is 1. The van der Waals surface area contributed by atoms with Gasteiger partial charge in [-0.15, -0.1) is 0 Å². The summed E-state index contributed by atoms with van der Waals surface area (Å²) in [6.45, 7) is 0.124. The van der Waals surface area contributed by atoms with Gasteiger partial charge >= 0.3 is 5.97 Å². The van der Waals surface area contributed by atoms with E-state index in [-0.39, 0.29) is 34.1 Å². The minimum atomic E-state index is -2.00. The lowest BCUT2D eigenvalue weighted by molar-refractivity contribution is -0.325. The van der Waals surface area contributed by atoms with E-state index in [4.69, 9.17) is 33.2 Å². The van der Waals surface area contributed by atoms with Gasteiger partial charge in [0, 0.05) is 18.2 Å². The lowest BCUT2D eigenvalue weighted by Gasteiger charge is -2.42. The standard InChI is InChI=1S/C42H48O23/c1-15-29(48)33(52)36(55)40(60-15)59-14-27-32(51)35(54)38(57)42(65-27)63-25-12-20-23(61-39(25)17-8-21(45)30(49)22(46)9-17)10-19(44)11-24(20)62-41-37(56)34(53)31(50)26(64-41)13-58-28(47)7-4-16-2-5-18(43)6-3-16/h2-12,15,26-27,29,31-46,48-57H,13-14H2,1H3/p+1/b7-4-/t15-,26+,27+,29-,31+,32+,33+,34-,35-,36-,37-,38+,39?,40+,41+,42+/m0/s1. The third kappa shape index (κ3) is 10.2. The Morgan fingerprint density at radius 2 is 1.22 bits per heavy atom. The number of fused-ring (bicyclic) bond motifs is 1. The fraction of sp³-hybridized carbons (Fsp3) is 0.452. The number of esters is 1. The summed E-state index contributed by atoms with van der Waals surface area (Å²) in [6, 6.07) is 10.1. The van der Waals surface area contributed by atoms with Crippen molar-refractivity contribution in [2.24, 2.45) is 0 Å². The molecular weight excluding hydrogens is 872 g/mol. The van der Waals surface area contributed by atoms with Gasteiger partial charge in [0.1, 0.15) is 96.6 Å². The molecule has 0 spiro atoms. The summed E-state index contributed by atoms with van der Waals surface area (Å²) >= 11 is 0. The summed E-state index contributed by atoms with van der Waals surface area (Å²) in [6.07, 6.45) is -23.3. The molecule has 0 saturated carbocycles. The number of hydrogen-bond donors (Lipinski definition) is 14. The van der Waals surface area contributed by atoms with Crippen LogP contribution in [0.4, 0.5) is 0 Å². The van der Waals surface area contributed by atoms with Gasteiger partial charge in [-0.3, -0.25) is 0 Å². The van der Waals surface area contributed by atoms with Crippen molar-refractivity contribution in [2.45, 2.75) is 105 Å². The second kappa shape index (κ2) is 19.5. The molecule has 23 heteroatoms. The highest BCUT2D eigenvalue weighted by atomic mass is 16.7. The van der Waals surface area contributed by atoms with Crippen LogP contribution in [-0.4, -0.2) is 188 Å². The van der Waals surface area contributed by atoms with Crippen LogP contribution < -0.4 is 4.74 Å². The second-order valence-corrected chi connectivity index (χ2v) is 15.7. The van der Waals surface area contributed by atoms with Crippen LogP contribution in [0.3, 0.4) is 0 Å². The number of rotatable bonds is 12. The molecule has 4 aliphatic heterocycles. The lowest BCUT2D eigenvalue weighted by Crippen LogP contribution is -2.61. The van der Waals surface area contributed by atoms with Crippen molar-refractivity contribution in [1.82, 2.24) is 0 Å². The van der Waals surface area contributed by atoms with Gasteiger partial charge < -0.3 is 109 Å². The van der Waals surface area contributed by atoms with E-state index in [1.165, 1.54) is 43.3 Å². The van der Waals surface area contributed by atoms with E-state index in [2.05, 4.69) is 4.74 Å². The van der Waals surface area contributed by atoms with E-state index in [1.54, 1.807) is 0 Å². The maximum Gasteiger partial charge on any atom is 0.330 e. The van der Waals surface area contributed by atoms with E-state index in [0.29, 0.717) is 5.56 Å². The van der Waals surface area contributed by atoms with E-state index < -0.39 is 140 Å². The van der Waals surface area contributed by atoms with Crippen LogP contribution in [0.5, 0.6) is 40.2 Å². The third-order valence-electron chi connectivity index (χ3n) is 11.1. The van der Waals surface area contributed by atoms with Crippen LogP contribution >= 0.6 is 0 Å². The Morgan fingerprint density at radius 3 is 1.85 bits per heavy atom. The van der Waals surface area contributed by atoms with Crippen LogP contribution in [-0.2, 0) is 33.2 Å². The molecule has 0 aromatic heterocycles. The minimum Gasteiger partial charge on any atom is -0.571 e. The van der Waals surface area contributed by atoms with Crippen molar-refractivity contribution in [1.29, 1.82) is 0 Å². The Balaban J connectivity index is 1.14. The number of ether oxygens (including phenoxy) is 8. The fourth-order valence-corrected chi connectivity index (χ4v) is 7.36. The number of carbonyl (C=O) groups is 1. The summed E-state index contributed by atoms with van der Waals surface area (Å²) in [4.78, 5) is 12.5. The molecule has 16 atom stereocenters. The first-order valence-electron chi connectivity index (χ1n) is 20.0. The lowest BCUT2D eigenvalue weighted by atomic mass is 9.98. The van der Waals surface area contributed by atoms with E-state index in [1.807, 2.05) is 0 Å². The number of hydrogen-bond acceptors (Lipinski definition) is 22. The molecule has 1 unspecified atom stereocenters. The molecule has 3 saturated heterocycles. The number of aliphatic hydroxyl groups is 10. The number of phenols is 5. The zero-order chi connectivity index (χ0) is 47.0. The van der Waals surface area contributed by atoms with Crippen LogP contribution in [0.15, 0.2) is 60.4 Å². The minimum absolute atomic E-state index is 0.0136. The Labute approximate surface area is 367 Å². The van der Waals surface area contributed by atoms with Crippen molar-refractivity contribution in [3.05, 3.63) is 77.1 Å². The topological polar surface area (TPSA) is 378 Å². The Hall–Kier alpha value is -5.51. The molecule has 0 aliphatic carbocycles. The number of aliphatic hydroxyl groups excluding tert-OH is 9. The number of phenolic OH excluding ortho intramolecular Hbond substituents is 5. The van der Waals surface area contributed by atoms with E-state index >= 15 is 0 Å². The Kier molecular flexibility index (Phi) is 14.3. The zero-order valence-corrected chi connectivity index (χ0v) is 34.0. The predicted molar refractivity (Wildman–Crippen MR) is 213 cm³/mol. The number of aromatic hydroxyl groups is 6. The van der Waals surface area contributed by atoms with Crippen LogP contribution in [0.25, 0.3) is 12.2 Å². The van der Waals surface area contributed by atoms with Gasteiger partial charge in [0.15, 0.2) is 29.3 Å². The zero-order valence-electron chi connectivity index (χ0n) is 34.0. The first-order chi connectivity index (χ1) is 30.8. The average molecular weight is 922 g/mol. The summed E-state index contributed by atoms with van der Waals surface area (Å²) < 4.78 is 44.3. The molecule has 23 nitrogen and oxygen atoms in total. The second-order valence-electron chi connectivity index (χ2n) is 15.7. The third-order valence-corrected chi connectivity index (χ3v) is 11.1. The smallest absolute Gasteiger partial charge is 0.330 e. The van der Waals surface area contributed by atoms with Gasteiger partial charge in [0.05, 0.1) is 24.3 Å². The Morgan fingerprint density at radius 1 is 0.646 bits per heavy atom. The normalized spacial score (nSPS) is 34.8. The van der Waals surface area contributed by atoms with Crippen LogP contribution in [0, 0.1) is 0 Å². The molecule has 3 aromatic rings. The first-order valence-corrected chi connectivity index (χ1v) is 20.0. The highest BCUT2D eigenvalue weighted by Gasteiger charge is 2.50. The van der Waals surface area contributed by atoms with Gasteiger partial charge in [-0.2, -0.15) is 0 Å². The van der Waals surface area contributed by atoms with Crippen LogP contribution in [0.2, 0.25) is 0 Å². The predicted octanol–water partition coefficient (Wildman–Crippen LogP) is -2.34. The molecule has 65 heavy (non-hydrogen) atoms. The number of benzene rings is 3. The molecule has 7 rings (SSSR count). The maximum absolute atomic E-state index is 12.5. The molecule has 3 aromatic carbocycles. The molecule has 3 fully saturated rings. The van der Waals surface area contributed by atoms with Crippen molar-refractivity contribution in [3.8, 4) is 40.2 Å². The van der Waals surface area contributed by atoms with Gasteiger partial charge in [-0.1, -0.05) is 12.1 Å². The van der Waals surface area contributed by atoms with Crippen LogP contribution in [0.1, 0.15) is 29.7 Å². The van der Waals surface area contributed by atoms with E-state index in [0.717, 1.165) is 30.3 Å². The highest BCUT2D eigenvalue weighted by molar-refractivity contribution is 5.87. The molecule has 354 valence electrons. The monoisotopic (exact) mass is 921 g/mol. The molecule has 4 aliphatic rings. The van der Waals surface area contributed by atoms with E-state index in [9.17, 15) is 76.3 Å². The maximum atomic E-state index is 12.5. The molecule has 15 N–H and O–H groups in total. The van der Waals surface area contributed by atoms with Crippen molar-refractivity contribution in [3.63, 3.8) is 0 Å². The summed E-state index contributed by atoms with van der Waals surface area (Å²) in [7, 11) is 0. The molecule has 0 bridgehead atoms. The van der Waals surface area contributed by atoms with Crippen molar-refractivity contribution >= 4 is 18.1 Å². The first kappa shape index (κ1) is 47.5.